The molecule has 0 aliphatic rings. The number of hydrogen-bond acceptors (Lipinski definition) is 3. The van der Waals surface area contributed by atoms with Gasteiger partial charge in [-0.25, -0.2) is 0 Å². The molecule has 0 bridgehead atoms. The first kappa shape index (κ1) is 18.0. The van der Waals surface area contributed by atoms with E-state index in [4.69, 9.17) is 23.2 Å². The smallest absolute Gasteiger partial charge is 0.256 e. The first-order chi connectivity index (χ1) is 11.5. The van der Waals surface area contributed by atoms with Crippen LogP contribution in [0.15, 0.2) is 59.1 Å². The average molecular weight is 363 g/mol. The number of nitrogens with zero attached hydrogens (tertiary/aromatic N) is 1. The van der Waals surface area contributed by atoms with Crippen molar-refractivity contribution in [2.45, 2.75) is 6.92 Å². The van der Waals surface area contributed by atoms with Crippen molar-refractivity contribution in [1.82, 2.24) is 5.32 Å². The fraction of sp³-hybridized carbons (Fsp3) is 0.111. The molecule has 0 fully saturated rings. The molecule has 124 valence electrons. The Bertz CT molecular complexity index is 784. The lowest BCUT2D eigenvalue weighted by Gasteiger charge is -2.08. The predicted molar refractivity (Wildman–Crippen MR) is 99.3 cm³/mol. The number of nitrogens with one attached hydrogen (secondary N) is 1. The summed E-state index contributed by atoms with van der Waals surface area (Å²) in [6, 6.07) is 13.5. The Balaban J connectivity index is 2.44. The predicted octanol–water partition coefficient (Wildman–Crippen LogP) is 4.80. The summed E-state index contributed by atoms with van der Waals surface area (Å²) >= 11 is 11.9. The molecule has 0 aliphatic carbocycles. The molecule has 2 aromatic rings. The van der Waals surface area contributed by atoms with Gasteiger partial charge in [-0.05, 0) is 43.3 Å². The molecule has 0 aliphatic heterocycles. The number of carbonyl (C=O) groups is 1. The van der Waals surface area contributed by atoms with E-state index in [9.17, 15) is 9.90 Å². The maximum atomic E-state index is 12.3. The van der Waals surface area contributed by atoms with Crippen LogP contribution < -0.4 is 5.32 Å². The summed E-state index contributed by atoms with van der Waals surface area (Å²) in [7, 11) is 0. The van der Waals surface area contributed by atoms with Crippen LogP contribution >= 0.6 is 23.2 Å². The van der Waals surface area contributed by atoms with Gasteiger partial charge in [0.1, 0.15) is 5.76 Å². The van der Waals surface area contributed by atoms with Crippen LogP contribution in [0.3, 0.4) is 0 Å². The molecule has 0 saturated carbocycles. The maximum absolute atomic E-state index is 12.3. The Hall–Kier alpha value is -2.30. The molecule has 0 radical (unpaired) electrons. The number of likely N-dealkylation sites (N-methyl/N-ethyl adjacent to an activating group) is 1. The minimum atomic E-state index is -0.437. The topological polar surface area (TPSA) is 61.7 Å². The lowest BCUT2D eigenvalue weighted by Crippen LogP contribution is -2.26. The van der Waals surface area contributed by atoms with Gasteiger partial charge in [0.05, 0.1) is 16.3 Å². The second kappa shape index (κ2) is 8.52. The Morgan fingerprint density at radius 3 is 2.46 bits per heavy atom. The number of rotatable bonds is 5. The molecule has 1 amide bonds. The van der Waals surface area contributed by atoms with Crippen LogP contribution in [0.25, 0.3) is 5.76 Å². The fourth-order valence-electron chi connectivity index (χ4n) is 1.95. The zero-order valence-electron chi connectivity index (χ0n) is 13.0. The zero-order chi connectivity index (χ0) is 17.5. The molecule has 0 spiro atoms. The van der Waals surface area contributed by atoms with Gasteiger partial charge in [-0.15, -0.1) is 0 Å². The molecule has 0 aromatic heterocycles. The molecule has 0 heterocycles. The quantitative estimate of drug-likeness (QED) is 0.455. The van der Waals surface area contributed by atoms with E-state index in [2.05, 4.69) is 10.3 Å². The second-order valence-electron chi connectivity index (χ2n) is 4.84. The molecular weight excluding hydrogens is 347 g/mol. The zero-order valence-corrected chi connectivity index (χ0v) is 14.5. The van der Waals surface area contributed by atoms with Crippen molar-refractivity contribution >= 4 is 46.8 Å². The van der Waals surface area contributed by atoms with Crippen molar-refractivity contribution in [3.8, 4) is 0 Å². The van der Waals surface area contributed by atoms with Crippen LogP contribution in [0.5, 0.6) is 0 Å². The standard InChI is InChI=1S/C18H16Cl2N2O2/c1-2-21-18(24)15(11-22-13-9-7-12(19)8-10-13)17(23)14-5-3-4-6-16(14)20/h3-11,23H,2H2,1H3,(H,21,24)/b17-15+,22-11?. The largest absolute Gasteiger partial charge is 0.506 e. The first-order valence-corrected chi connectivity index (χ1v) is 8.04. The Morgan fingerprint density at radius 2 is 1.83 bits per heavy atom. The van der Waals surface area contributed by atoms with E-state index in [0.717, 1.165) is 0 Å². The van der Waals surface area contributed by atoms with Gasteiger partial charge >= 0.3 is 0 Å². The number of aliphatic hydroxyl groups excluding tert-OH is 1. The highest BCUT2D eigenvalue weighted by Gasteiger charge is 2.16. The third-order valence-electron chi connectivity index (χ3n) is 3.14. The number of hydrogen-bond donors (Lipinski definition) is 2. The van der Waals surface area contributed by atoms with E-state index in [-0.39, 0.29) is 11.3 Å². The maximum Gasteiger partial charge on any atom is 0.256 e. The summed E-state index contributed by atoms with van der Waals surface area (Å²) in [4.78, 5) is 16.5. The van der Waals surface area contributed by atoms with E-state index in [1.165, 1.54) is 6.21 Å². The molecule has 2 N–H and O–H groups in total. The van der Waals surface area contributed by atoms with Crippen molar-refractivity contribution in [3.05, 3.63) is 69.7 Å². The minimum Gasteiger partial charge on any atom is -0.506 e. The van der Waals surface area contributed by atoms with Crippen molar-refractivity contribution in [2.75, 3.05) is 6.54 Å². The van der Waals surface area contributed by atoms with E-state index < -0.39 is 5.91 Å². The summed E-state index contributed by atoms with van der Waals surface area (Å²) in [6.45, 7) is 2.21. The normalized spacial score (nSPS) is 12.1. The summed E-state index contributed by atoms with van der Waals surface area (Å²) in [5, 5.41) is 14.1. The van der Waals surface area contributed by atoms with E-state index in [1.54, 1.807) is 55.5 Å². The first-order valence-electron chi connectivity index (χ1n) is 7.29. The average Bonchev–Trinajstić information content (AvgIpc) is 2.57. The number of aliphatic hydroxyl groups is 1. The number of halogens is 2. The van der Waals surface area contributed by atoms with Crippen molar-refractivity contribution in [2.24, 2.45) is 4.99 Å². The molecule has 6 heteroatoms. The van der Waals surface area contributed by atoms with Gasteiger partial charge in [0.2, 0.25) is 0 Å². The number of amides is 1. The van der Waals surface area contributed by atoms with Crippen molar-refractivity contribution in [3.63, 3.8) is 0 Å². The number of benzene rings is 2. The van der Waals surface area contributed by atoms with Crippen LogP contribution in [0.2, 0.25) is 10.0 Å². The molecule has 0 atom stereocenters. The number of carbonyl (C=O) groups excluding carboxylic acids is 1. The second-order valence-corrected chi connectivity index (χ2v) is 5.68. The summed E-state index contributed by atoms with van der Waals surface area (Å²) in [6.07, 6.45) is 1.31. The molecule has 2 aromatic carbocycles. The minimum absolute atomic E-state index is 0.0277. The van der Waals surface area contributed by atoms with Crippen LogP contribution in [0.1, 0.15) is 12.5 Å². The molecule has 24 heavy (non-hydrogen) atoms. The van der Waals surface area contributed by atoms with Crippen LogP contribution in [0.4, 0.5) is 5.69 Å². The summed E-state index contributed by atoms with van der Waals surface area (Å²) < 4.78 is 0. The molecule has 2 rings (SSSR count). The number of aliphatic imine (C=N–C) groups is 1. The van der Waals surface area contributed by atoms with Gasteiger partial charge in [0.25, 0.3) is 5.91 Å². The summed E-state index contributed by atoms with van der Waals surface area (Å²) in [5.74, 6) is -0.670. The summed E-state index contributed by atoms with van der Waals surface area (Å²) in [5.41, 5.74) is 0.996. The highest BCUT2D eigenvalue weighted by Crippen LogP contribution is 2.24. The fourth-order valence-corrected chi connectivity index (χ4v) is 2.30. The van der Waals surface area contributed by atoms with E-state index >= 15 is 0 Å². The molecule has 4 nitrogen and oxygen atoms in total. The lowest BCUT2D eigenvalue weighted by molar-refractivity contribution is -0.116. The molecular formula is C18H16Cl2N2O2. The Labute approximate surface area is 150 Å². The molecule has 0 saturated heterocycles. The van der Waals surface area contributed by atoms with E-state index in [1.807, 2.05) is 0 Å². The third kappa shape index (κ3) is 4.60. The highest BCUT2D eigenvalue weighted by atomic mass is 35.5. The van der Waals surface area contributed by atoms with Crippen LogP contribution in [-0.2, 0) is 4.79 Å². The van der Waals surface area contributed by atoms with Gasteiger partial charge in [0, 0.05) is 23.3 Å². The molecule has 0 unspecified atom stereocenters. The highest BCUT2D eigenvalue weighted by molar-refractivity contribution is 6.33. The van der Waals surface area contributed by atoms with Gasteiger partial charge in [-0.3, -0.25) is 9.79 Å². The van der Waals surface area contributed by atoms with E-state index in [0.29, 0.717) is 27.8 Å². The Morgan fingerprint density at radius 1 is 1.17 bits per heavy atom. The van der Waals surface area contributed by atoms with Crippen LogP contribution in [-0.4, -0.2) is 23.8 Å². The Kier molecular flexibility index (Phi) is 6.41. The van der Waals surface area contributed by atoms with Crippen molar-refractivity contribution < 1.29 is 9.90 Å². The van der Waals surface area contributed by atoms with Crippen molar-refractivity contribution in [1.29, 1.82) is 0 Å². The third-order valence-corrected chi connectivity index (χ3v) is 3.72. The van der Waals surface area contributed by atoms with Gasteiger partial charge in [-0.2, -0.15) is 0 Å². The van der Waals surface area contributed by atoms with Crippen LogP contribution in [0, 0.1) is 0 Å². The van der Waals surface area contributed by atoms with Gasteiger partial charge in [-0.1, -0.05) is 35.3 Å². The lowest BCUT2D eigenvalue weighted by atomic mass is 10.1. The van der Waals surface area contributed by atoms with Gasteiger partial charge < -0.3 is 10.4 Å². The van der Waals surface area contributed by atoms with Gasteiger partial charge in [0.15, 0.2) is 0 Å². The monoisotopic (exact) mass is 362 g/mol. The SMILES string of the molecule is CCNC(=O)/C(C=Nc1ccc(Cl)cc1)=C(/O)c1ccccc1Cl.